The molecule has 0 spiro atoms. The topological polar surface area (TPSA) is 197 Å². The molecule has 0 saturated carbocycles. The first-order valence-corrected chi connectivity index (χ1v) is 33.9. The fraction of sp³-hybridized carbons (Fsp3) is 0.302. The molecule has 0 fully saturated rings. The molecular formula is C63H68F2N6O12S2Si. The Morgan fingerprint density at radius 2 is 0.977 bits per heavy atom. The monoisotopic (exact) mass is 1230 g/mol. The van der Waals surface area contributed by atoms with Crippen molar-refractivity contribution in [1.29, 1.82) is 0 Å². The minimum atomic E-state index is -3.72. The highest BCUT2D eigenvalue weighted by atomic mass is 32.2. The van der Waals surface area contributed by atoms with Crippen molar-refractivity contribution in [3.63, 3.8) is 0 Å². The number of hydrogen-bond acceptors (Lipinski definition) is 14. The van der Waals surface area contributed by atoms with Crippen molar-refractivity contribution in [2.45, 2.75) is 78.3 Å². The third kappa shape index (κ3) is 12.7. The molecule has 0 atom stereocenters. The molecule has 0 bridgehead atoms. The number of nitrogens with zero attached hydrogens (tertiary/aromatic N) is 6. The highest BCUT2D eigenvalue weighted by molar-refractivity contribution is 7.92. The molecule has 2 aliphatic heterocycles. The van der Waals surface area contributed by atoms with Crippen LogP contribution in [0.15, 0.2) is 122 Å². The van der Waals surface area contributed by atoms with Crippen LogP contribution in [0.1, 0.15) is 74.9 Å². The maximum atomic E-state index is 14.5. The lowest BCUT2D eigenvalue weighted by Gasteiger charge is -2.37. The molecule has 4 heterocycles. The number of pyridine rings is 2. The van der Waals surface area contributed by atoms with Crippen LogP contribution < -0.4 is 36.7 Å². The van der Waals surface area contributed by atoms with Crippen molar-refractivity contribution >= 4 is 73.4 Å². The van der Waals surface area contributed by atoms with E-state index in [1.807, 2.05) is 48.5 Å². The summed E-state index contributed by atoms with van der Waals surface area (Å²) in [5.41, 5.74) is 5.91. The van der Waals surface area contributed by atoms with E-state index in [9.17, 15) is 35.2 Å². The minimum absolute atomic E-state index is 0.101. The Labute approximate surface area is 501 Å². The van der Waals surface area contributed by atoms with Crippen LogP contribution in [0, 0.1) is 11.6 Å². The van der Waals surface area contributed by atoms with Gasteiger partial charge >= 0.3 is 0 Å². The van der Waals surface area contributed by atoms with Crippen LogP contribution in [0.5, 0.6) is 34.5 Å². The van der Waals surface area contributed by atoms with E-state index >= 15 is 0 Å². The molecular weight excluding hydrogens is 1160 g/mol. The maximum Gasteiger partial charge on any atom is 0.258 e. The number of halogens is 2. The van der Waals surface area contributed by atoms with Gasteiger partial charge in [-0.3, -0.25) is 28.2 Å². The summed E-state index contributed by atoms with van der Waals surface area (Å²) in [6.07, 6.45) is 5.37. The molecule has 8 aromatic rings. The molecule has 86 heavy (non-hydrogen) atoms. The summed E-state index contributed by atoms with van der Waals surface area (Å²) >= 11 is 0. The molecule has 18 nitrogen and oxygen atoms in total. The zero-order valence-electron chi connectivity index (χ0n) is 49.9. The van der Waals surface area contributed by atoms with Crippen LogP contribution >= 0.6 is 0 Å². The van der Waals surface area contributed by atoms with Gasteiger partial charge in [0.15, 0.2) is 11.5 Å². The average molecular weight is 1230 g/mol. The number of methoxy groups -OCH3 is 3. The van der Waals surface area contributed by atoms with E-state index in [-0.39, 0.29) is 78.9 Å². The summed E-state index contributed by atoms with van der Waals surface area (Å²) < 4.78 is 117. The van der Waals surface area contributed by atoms with Crippen molar-refractivity contribution in [2.75, 3.05) is 56.5 Å². The second kappa shape index (κ2) is 24.4. The smallest absolute Gasteiger partial charge is 0.258 e. The first-order chi connectivity index (χ1) is 40.6. The molecule has 2 aromatic heterocycles. The summed E-state index contributed by atoms with van der Waals surface area (Å²) in [5, 5.41) is 0.940. The number of anilines is 2. The van der Waals surface area contributed by atoms with E-state index in [2.05, 4.69) is 43.8 Å². The minimum Gasteiger partial charge on any atom is -0.543 e. The zero-order valence-corrected chi connectivity index (χ0v) is 52.6. The second-order valence-corrected chi connectivity index (χ2v) is 31.2. The van der Waals surface area contributed by atoms with Crippen molar-refractivity contribution in [3.8, 4) is 34.5 Å². The number of carbonyl (C=O) groups excluding carboxylic acids is 2. The standard InChI is InChI=1S/C34H40FN3O6SSi.C29H28FN3O6S/c1-34(2,3)46(7,8)44-28-18-24(35)14-13-23(28)19-38-20-27-29(33(38)39)32(43-21-22-11-15-25(42-5)16-12-22)30-26(10-9-17-36-30)31(27)37(4)45(6,40)41;1-32(40(4,35)36)27-22-6-5-13-31-26(22)28(39-17-18-7-11-21(37-2)12-8-18)25-23(27)16-33(29(25)34)15-19-9-10-20(30)14-24(19)38-3/h9-18H,19-21H2,1-8H3;5-14H,15-17H2,1-4H3. The lowest BCUT2D eigenvalue weighted by atomic mass is 10.0. The van der Waals surface area contributed by atoms with Crippen LogP contribution in [-0.2, 0) is 59.4 Å². The number of hydrogen-bond donors (Lipinski definition) is 0. The quantitative estimate of drug-likeness (QED) is 0.0693. The SMILES string of the molecule is COc1ccc(COc2c3c(c(N(C)S(C)(=O)=O)c4cccnc24)CN(Cc2ccc(F)cc2OC)C3=O)cc1.COc1ccc(COc2c3c(c(N(C)S(C)(=O)=O)c4cccnc24)CN(Cc2ccc(F)cc2O[Si](C)(C)C(C)(C)C)C3=O)cc1. The normalized spacial score (nSPS) is 13.3. The van der Waals surface area contributed by atoms with E-state index in [1.54, 1.807) is 72.8 Å². The van der Waals surface area contributed by atoms with Crippen molar-refractivity contribution < 1.29 is 63.3 Å². The third-order valence-electron chi connectivity index (χ3n) is 15.8. The summed E-state index contributed by atoms with van der Waals surface area (Å²) in [4.78, 5) is 40.5. The number of rotatable bonds is 19. The zero-order chi connectivity index (χ0) is 62.2. The van der Waals surface area contributed by atoms with Crippen molar-refractivity contribution in [3.05, 3.63) is 178 Å². The lowest BCUT2D eigenvalue weighted by molar-refractivity contribution is 0.0755. The van der Waals surface area contributed by atoms with Gasteiger partial charge in [-0.05, 0) is 89.9 Å². The Morgan fingerprint density at radius 1 is 0.581 bits per heavy atom. The van der Waals surface area contributed by atoms with E-state index < -0.39 is 40.0 Å². The first-order valence-electron chi connectivity index (χ1n) is 27.3. The fourth-order valence-corrected chi connectivity index (χ4v) is 12.1. The Bertz CT molecular complexity index is 4150. The number of fused-ring (bicyclic) bond motifs is 4. The van der Waals surface area contributed by atoms with Gasteiger partial charge in [-0.15, -0.1) is 0 Å². The van der Waals surface area contributed by atoms with E-state index in [1.165, 1.54) is 54.1 Å². The van der Waals surface area contributed by atoms with Crippen LogP contribution in [0.4, 0.5) is 20.2 Å². The predicted molar refractivity (Wildman–Crippen MR) is 329 cm³/mol. The molecule has 10 rings (SSSR count). The first kappa shape index (κ1) is 62.0. The Hall–Kier alpha value is -8.54. The number of benzene rings is 6. The summed E-state index contributed by atoms with van der Waals surface area (Å²) in [7, 11) is -2.24. The van der Waals surface area contributed by atoms with Gasteiger partial charge in [-0.1, -0.05) is 57.2 Å². The van der Waals surface area contributed by atoms with Crippen LogP contribution in [0.25, 0.3) is 21.8 Å². The summed E-state index contributed by atoms with van der Waals surface area (Å²) in [6.45, 7) is 11.2. The summed E-state index contributed by atoms with van der Waals surface area (Å²) in [5.74, 6) is 1.05. The molecule has 0 N–H and O–H groups in total. The van der Waals surface area contributed by atoms with Gasteiger partial charge in [0, 0.05) is 97.8 Å². The van der Waals surface area contributed by atoms with Gasteiger partial charge in [0.1, 0.15) is 58.9 Å². The molecule has 2 amide bonds. The molecule has 6 aromatic carbocycles. The Kier molecular flexibility index (Phi) is 17.6. The third-order valence-corrected chi connectivity index (χ3v) is 22.5. The van der Waals surface area contributed by atoms with Crippen LogP contribution in [-0.4, -0.2) is 105 Å². The number of amides is 2. The van der Waals surface area contributed by atoms with Crippen molar-refractivity contribution in [1.82, 2.24) is 19.8 Å². The molecule has 2 aliphatic rings. The van der Waals surface area contributed by atoms with E-state index in [4.69, 9.17) is 28.1 Å². The van der Waals surface area contributed by atoms with E-state index in [0.717, 1.165) is 23.6 Å². The maximum absolute atomic E-state index is 14.5. The molecule has 0 unspecified atom stereocenters. The van der Waals surface area contributed by atoms with Gasteiger partial charge in [0.2, 0.25) is 28.4 Å². The van der Waals surface area contributed by atoms with Gasteiger partial charge in [-0.2, -0.15) is 0 Å². The van der Waals surface area contributed by atoms with Crippen LogP contribution in [0.3, 0.4) is 0 Å². The van der Waals surface area contributed by atoms with Crippen molar-refractivity contribution in [2.24, 2.45) is 0 Å². The number of aromatic nitrogens is 2. The highest BCUT2D eigenvalue weighted by Crippen LogP contribution is 2.48. The van der Waals surface area contributed by atoms with Gasteiger partial charge in [0.05, 0.1) is 56.3 Å². The number of carbonyl (C=O) groups is 2. The number of sulfonamides is 2. The molecule has 0 radical (unpaired) electrons. The second-order valence-electron chi connectivity index (χ2n) is 22.5. The number of ether oxygens (including phenoxy) is 5. The van der Waals surface area contributed by atoms with Crippen LogP contribution in [0.2, 0.25) is 18.1 Å². The van der Waals surface area contributed by atoms with Gasteiger partial charge < -0.3 is 37.9 Å². The van der Waals surface area contributed by atoms with Gasteiger partial charge in [0.25, 0.3) is 11.8 Å². The molecule has 0 aliphatic carbocycles. The molecule has 0 saturated heterocycles. The Balaban J connectivity index is 0.000000207. The highest BCUT2D eigenvalue weighted by Gasteiger charge is 2.42. The fourth-order valence-electron chi connectivity index (χ4n) is 10.0. The lowest BCUT2D eigenvalue weighted by Crippen LogP contribution is -2.44. The van der Waals surface area contributed by atoms with Gasteiger partial charge in [-0.25, -0.2) is 25.6 Å². The predicted octanol–water partition coefficient (Wildman–Crippen LogP) is 11.4. The Morgan fingerprint density at radius 3 is 1.35 bits per heavy atom. The largest absolute Gasteiger partial charge is 0.543 e. The molecule has 23 heteroatoms. The average Bonchev–Trinajstić information content (AvgIpc) is 1.70. The molecule has 452 valence electrons. The van der Waals surface area contributed by atoms with E-state index in [0.29, 0.717) is 78.4 Å². The summed E-state index contributed by atoms with van der Waals surface area (Å²) in [6, 6.07) is 30.2.